The quantitative estimate of drug-likeness (QED) is 0.854. The van der Waals surface area contributed by atoms with E-state index in [9.17, 15) is 4.79 Å². The summed E-state index contributed by atoms with van der Waals surface area (Å²) in [6.45, 7) is 0.550. The van der Waals surface area contributed by atoms with E-state index >= 15 is 0 Å². The molecule has 0 atom stereocenters. The Bertz CT molecular complexity index is 635. The van der Waals surface area contributed by atoms with E-state index < -0.39 is 0 Å². The fourth-order valence-corrected chi connectivity index (χ4v) is 2.57. The third-order valence-corrected chi connectivity index (χ3v) is 3.67. The standard InChI is InChI=1S/C18H18N2O/c21-18(16-10-4-5-11-16)20(17-12-6-7-13-19-17)14-15-8-2-1-3-9-15/h1-3,6-10,12-13H,4-5,11,14H2. The van der Waals surface area contributed by atoms with Gasteiger partial charge in [-0.1, -0.05) is 42.5 Å². The summed E-state index contributed by atoms with van der Waals surface area (Å²) in [7, 11) is 0. The molecule has 106 valence electrons. The minimum atomic E-state index is 0.0788. The maximum Gasteiger partial charge on any atom is 0.255 e. The third kappa shape index (κ3) is 3.19. The van der Waals surface area contributed by atoms with Gasteiger partial charge < -0.3 is 0 Å². The Hall–Kier alpha value is -2.42. The molecule has 21 heavy (non-hydrogen) atoms. The molecule has 0 radical (unpaired) electrons. The average Bonchev–Trinajstić information content (AvgIpc) is 3.08. The van der Waals surface area contributed by atoms with E-state index in [-0.39, 0.29) is 5.91 Å². The molecule has 0 N–H and O–H groups in total. The molecule has 1 heterocycles. The fraction of sp³-hybridized carbons (Fsp3) is 0.222. The lowest BCUT2D eigenvalue weighted by Crippen LogP contribution is -2.32. The van der Waals surface area contributed by atoms with Gasteiger partial charge in [0, 0.05) is 11.8 Å². The summed E-state index contributed by atoms with van der Waals surface area (Å²) in [4.78, 5) is 18.9. The Labute approximate surface area is 124 Å². The molecule has 0 saturated heterocycles. The molecule has 1 amide bonds. The largest absolute Gasteiger partial charge is 0.288 e. The van der Waals surface area contributed by atoms with Gasteiger partial charge in [-0.25, -0.2) is 4.98 Å². The highest BCUT2D eigenvalue weighted by molar-refractivity contribution is 6.05. The van der Waals surface area contributed by atoms with E-state index in [0.717, 1.165) is 30.4 Å². The van der Waals surface area contributed by atoms with E-state index in [1.165, 1.54) is 0 Å². The van der Waals surface area contributed by atoms with Gasteiger partial charge in [-0.2, -0.15) is 0 Å². The van der Waals surface area contributed by atoms with Crippen LogP contribution in [0.5, 0.6) is 0 Å². The molecular weight excluding hydrogens is 260 g/mol. The van der Waals surface area contributed by atoms with Crippen molar-refractivity contribution in [3.63, 3.8) is 0 Å². The van der Waals surface area contributed by atoms with Crippen LogP contribution in [0, 0.1) is 0 Å². The zero-order valence-corrected chi connectivity index (χ0v) is 11.9. The molecule has 1 aromatic carbocycles. The summed E-state index contributed by atoms with van der Waals surface area (Å²) in [5.74, 6) is 0.786. The normalized spacial score (nSPS) is 13.8. The van der Waals surface area contributed by atoms with Crippen LogP contribution >= 0.6 is 0 Å². The number of hydrogen-bond acceptors (Lipinski definition) is 2. The van der Waals surface area contributed by atoms with Crippen molar-refractivity contribution in [2.75, 3.05) is 4.90 Å². The Morgan fingerprint density at radius 3 is 2.57 bits per heavy atom. The van der Waals surface area contributed by atoms with Gasteiger partial charge in [0.25, 0.3) is 5.91 Å². The first kappa shape index (κ1) is 13.6. The van der Waals surface area contributed by atoms with E-state index in [1.807, 2.05) is 48.5 Å². The SMILES string of the molecule is O=C(C1=CCCC1)N(Cc1ccccc1)c1ccccn1. The van der Waals surface area contributed by atoms with Crippen LogP contribution in [-0.4, -0.2) is 10.9 Å². The molecule has 1 aromatic heterocycles. The zero-order chi connectivity index (χ0) is 14.5. The number of pyridine rings is 1. The summed E-state index contributed by atoms with van der Waals surface area (Å²) < 4.78 is 0. The molecular formula is C18H18N2O. The first-order valence-electron chi connectivity index (χ1n) is 7.30. The number of aromatic nitrogens is 1. The first-order chi connectivity index (χ1) is 10.3. The molecule has 3 nitrogen and oxygen atoms in total. The topological polar surface area (TPSA) is 33.2 Å². The number of allylic oxidation sites excluding steroid dienone is 1. The van der Waals surface area contributed by atoms with Crippen molar-refractivity contribution in [3.05, 3.63) is 71.9 Å². The molecule has 1 aliphatic rings. The second-order valence-corrected chi connectivity index (χ2v) is 5.19. The van der Waals surface area contributed by atoms with Crippen LogP contribution in [0.1, 0.15) is 24.8 Å². The summed E-state index contributed by atoms with van der Waals surface area (Å²) in [5.41, 5.74) is 2.02. The van der Waals surface area contributed by atoms with Crippen molar-refractivity contribution in [2.45, 2.75) is 25.8 Å². The number of amides is 1. The predicted octanol–water partition coefficient (Wildman–Crippen LogP) is 3.73. The lowest BCUT2D eigenvalue weighted by molar-refractivity contribution is -0.115. The Morgan fingerprint density at radius 2 is 1.90 bits per heavy atom. The van der Waals surface area contributed by atoms with Gasteiger partial charge in [-0.05, 0) is 37.0 Å². The molecule has 0 saturated carbocycles. The van der Waals surface area contributed by atoms with Crippen molar-refractivity contribution in [2.24, 2.45) is 0 Å². The van der Waals surface area contributed by atoms with E-state index in [4.69, 9.17) is 0 Å². The van der Waals surface area contributed by atoms with Gasteiger partial charge in [0.2, 0.25) is 0 Å². The molecule has 0 unspecified atom stereocenters. The molecule has 3 rings (SSSR count). The number of benzene rings is 1. The van der Waals surface area contributed by atoms with Crippen molar-refractivity contribution >= 4 is 11.7 Å². The van der Waals surface area contributed by atoms with Crippen molar-refractivity contribution < 1.29 is 4.79 Å². The van der Waals surface area contributed by atoms with Gasteiger partial charge in [0.05, 0.1) is 6.54 Å². The van der Waals surface area contributed by atoms with E-state index in [0.29, 0.717) is 12.4 Å². The highest BCUT2D eigenvalue weighted by Gasteiger charge is 2.22. The maximum absolute atomic E-state index is 12.8. The monoisotopic (exact) mass is 278 g/mol. The first-order valence-corrected chi connectivity index (χ1v) is 7.30. The minimum Gasteiger partial charge on any atom is -0.288 e. The summed E-state index contributed by atoms with van der Waals surface area (Å²) in [6.07, 6.45) is 6.73. The summed E-state index contributed by atoms with van der Waals surface area (Å²) >= 11 is 0. The molecule has 0 fully saturated rings. The average molecular weight is 278 g/mol. The second kappa shape index (κ2) is 6.35. The van der Waals surface area contributed by atoms with Crippen molar-refractivity contribution in [1.29, 1.82) is 0 Å². The van der Waals surface area contributed by atoms with Crippen molar-refractivity contribution in [3.8, 4) is 0 Å². The highest BCUT2D eigenvalue weighted by atomic mass is 16.2. The Kier molecular flexibility index (Phi) is 4.10. The van der Waals surface area contributed by atoms with Gasteiger partial charge in [-0.15, -0.1) is 0 Å². The smallest absolute Gasteiger partial charge is 0.255 e. The highest BCUT2D eigenvalue weighted by Crippen LogP contribution is 2.23. The number of nitrogens with zero attached hydrogens (tertiary/aromatic N) is 2. The number of anilines is 1. The second-order valence-electron chi connectivity index (χ2n) is 5.19. The van der Waals surface area contributed by atoms with Gasteiger partial charge in [0.1, 0.15) is 5.82 Å². The number of rotatable bonds is 4. The zero-order valence-electron chi connectivity index (χ0n) is 11.9. The summed E-state index contributed by atoms with van der Waals surface area (Å²) in [6, 6.07) is 15.7. The fourth-order valence-electron chi connectivity index (χ4n) is 2.57. The third-order valence-electron chi connectivity index (χ3n) is 3.67. The molecule has 3 heteroatoms. The number of carbonyl (C=O) groups is 1. The lowest BCUT2D eigenvalue weighted by atomic mass is 10.1. The molecule has 0 bridgehead atoms. The van der Waals surface area contributed by atoms with Gasteiger partial charge >= 0.3 is 0 Å². The lowest BCUT2D eigenvalue weighted by Gasteiger charge is -2.22. The van der Waals surface area contributed by atoms with E-state index in [2.05, 4.69) is 11.1 Å². The molecule has 0 spiro atoms. The Balaban J connectivity index is 1.89. The van der Waals surface area contributed by atoms with Crippen LogP contribution in [-0.2, 0) is 11.3 Å². The number of hydrogen-bond donors (Lipinski definition) is 0. The predicted molar refractivity (Wildman–Crippen MR) is 83.8 cm³/mol. The van der Waals surface area contributed by atoms with Crippen LogP contribution in [0.4, 0.5) is 5.82 Å². The van der Waals surface area contributed by atoms with Gasteiger partial charge in [0.15, 0.2) is 0 Å². The molecule has 2 aromatic rings. The van der Waals surface area contributed by atoms with Crippen LogP contribution < -0.4 is 4.90 Å². The molecule has 1 aliphatic carbocycles. The van der Waals surface area contributed by atoms with Gasteiger partial charge in [-0.3, -0.25) is 9.69 Å². The van der Waals surface area contributed by atoms with Crippen molar-refractivity contribution in [1.82, 2.24) is 4.98 Å². The van der Waals surface area contributed by atoms with Crippen LogP contribution in [0.2, 0.25) is 0 Å². The molecule has 0 aliphatic heterocycles. The van der Waals surface area contributed by atoms with Crippen LogP contribution in [0.15, 0.2) is 66.4 Å². The Morgan fingerprint density at radius 1 is 1.10 bits per heavy atom. The number of carbonyl (C=O) groups excluding carboxylic acids is 1. The summed E-state index contributed by atoms with van der Waals surface area (Å²) in [5, 5.41) is 0. The van der Waals surface area contributed by atoms with Crippen LogP contribution in [0.3, 0.4) is 0 Å². The minimum absolute atomic E-state index is 0.0788. The van der Waals surface area contributed by atoms with E-state index in [1.54, 1.807) is 11.1 Å². The maximum atomic E-state index is 12.8. The van der Waals surface area contributed by atoms with Crippen LogP contribution in [0.25, 0.3) is 0 Å².